The Labute approximate surface area is 113 Å². The number of nitrogens with zero attached hydrogens (tertiary/aromatic N) is 3. The number of phenolic OH excluding ortho intramolecular Hbond substituents is 1. The SMILES string of the molecule is Cc1cnccc1-c1noc(-c2ccc(F)cc2O)n1. The Balaban J connectivity index is 2.04. The van der Waals surface area contributed by atoms with Crippen LogP contribution in [0.25, 0.3) is 22.8 Å². The maximum absolute atomic E-state index is 13.0. The fourth-order valence-corrected chi connectivity index (χ4v) is 1.85. The van der Waals surface area contributed by atoms with Crippen molar-refractivity contribution in [2.24, 2.45) is 0 Å². The van der Waals surface area contributed by atoms with E-state index in [0.29, 0.717) is 5.82 Å². The van der Waals surface area contributed by atoms with E-state index >= 15 is 0 Å². The molecule has 6 heteroatoms. The second-order valence-corrected chi connectivity index (χ2v) is 4.28. The van der Waals surface area contributed by atoms with E-state index in [1.165, 1.54) is 12.1 Å². The molecule has 0 atom stereocenters. The number of aromatic hydroxyl groups is 1. The third-order valence-corrected chi connectivity index (χ3v) is 2.88. The molecule has 100 valence electrons. The Bertz CT molecular complexity index is 771. The van der Waals surface area contributed by atoms with E-state index in [1.807, 2.05) is 6.92 Å². The van der Waals surface area contributed by atoms with Crippen molar-refractivity contribution in [1.82, 2.24) is 15.1 Å². The summed E-state index contributed by atoms with van der Waals surface area (Å²) in [5, 5.41) is 13.6. The van der Waals surface area contributed by atoms with Crippen molar-refractivity contribution >= 4 is 0 Å². The minimum atomic E-state index is -0.532. The molecule has 3 aromatic rings. The zero-order chi connectivity index (χ0) is 14.1. The maximum Gasteiger partial charge on any atom is 0.262 e. The lowest BCUT2D eigenvalue weighted by Gasteiger charge is -1.99. The second-order valence-electron chi connectivity index (χ2n) is 4.28. The van der Waals surface area contributed by atoms with Crippen molar-refractivity contribution in [3.8, 4) is 28.6 Å². The van der Waals surface area contributed by atoms with Crippen molar-refractivity contribution in [1.29, 1.82) is 0 Å². The van der Waals surface area contributed by atoms with Crippen molar-refractivity contribution in [2.45, 2.75) is 6.92 Å². The van der Waals surface area contributed by atoms with Gasteiger partial charge in [0.05, 0.1) is 5.56 Å². The summed E-state index contributed by atoms with van der Waals surface area (Å²) in [4.78, 5) is 8.21. The Morgan fingerprint density at radius 1 is 1.20 bits per heavy atom. The Morgan fingerprint density at radius 3 is 2.80 bits per heavy atom. The van der Waals surface area contributed by atoms with E-state index in [2.05, 4.69) is 15.1 Å². The van der Waals surface area contributed by atoms with Gasteiger partial charge in [-0.05, 0) is 30.7 Å². The third kappa shape index (κ3) is 2.11. The zero-order valence-electron chi connectivity index (χ0n) is 10.5. The molecule has 0 aliphatic heterocycles. The first-order chi connectivity index (χ1) is 9.65. The Hall–Kier alpha value is -2.76. The normalized spacial score (nSPS) is 10.7. The van der Waals surface area contributed by atoms with Gasteiger partial charge in [-0.3, -0.25) is 4.98 Å². The van der Waals surface area contributed by atoms with Crippen molar-refractivity contribution in [3.05, 3.63) is 48.0 Å². The van der Waals surface area contributed by atoms with Crippen LogP contribution in [-0.4, -0.2) is 20.2 Å². The molecule has 0 saturated carbocycles. The van der Waals surface area contributed by atoms with E-state index in [9.17, 15) is 9.50 Å². The number of aromatic nitrogens is 3. The highest BCUT2D eigenvalue weighted by molar-refractivity contribution is 5.65. The van der Waals surface area contributed by atoms with Gasteiger partial charge < -0.3 is 9.63 Å². The lowest BCUT2D eigenvalue weighted by Crippen LogP contribution is -1.87. The number of benzene rings is 1. The van der Waals surface area contributed by atoms with Crippen LogP contribution in [0.2, 0.25) is 0 Å². The highest BCUT2D eigenvalue weighted by atomic mass is 19.1. The first kappa shape index (κ1) is 12.3. The molecule has 1 N–H and O–H groups in total. The lowest BCUT2D eigenvalue weighted by atomic mass is 10.1. The molecule has 0 saturated heterocycles. The van der Waals surface area contributed by atoms with Gasteiger partial charge >= 0.3 is 0 Å². The Kier molecular flexibility index (Phi) is 2.90. The van der Waals surface area contributed by atoms with E-state index in [0.717, 1.165) is 17.2 Å². The molecule has 3 rings (SSSR count). The van der Waals surface area contributed by atoms with Crippen LogP contribution in [0.4, 0.5) is 4.39 Å². The summed E-state index contributed by atoms with van der Waals surface area (Å²) in [5.41, 5.74) is 1.98. The third-order valence-electron chi connectivity index (χ3n) is 2.88. The van der Waals surface area contributed by atoms with Gasteiger partial charge in [0.2, 0.25) is 5.82 Å². The monoisotopic (exact) mass is 271 g/mol. The van der Waals surface area contributed by atoms with Crippen LogP contribution in [0.3, 0.4) is 0 Å². The average molecular weight is 271 g/mol. The Morgan fingerprint density at radius 2 is 2.05 bits per heavy atom. The molecule has 20 heavy (non-hydrogen) atoms. The predicted molar refractivity (Wildman–Crippen MR) is 69.3 cm³/mol. The summed E-state index contributed by atoms with van der Waals surface area (Å²) in [7, 11) is 0. The minimum absolute atomic E-state index is 0.133. The molecule has 2 heterocycles. The molecule has 0 unspecified atom stereocenters. The highest BCUT2D eigenvalue weighted by Gasteiger charge is 2.15. The smallest absolute Gasteiger partial charge is 0.262 e. The maximum atomic E-state index is 13.0. The molecule has 5 nitrogen and oxygen atoms in total. The van der Waals surface area contributed by atoms with E-state index in [-0.39, 0.29) is 17.2 Å². The number of halogens is 1. The van der Waals surface area contributed by atoms with Gasteiger partial charge in [0.25, 0.3) is 5.89 Å². The summed E-state index contributed by atoms with van der Waals surface area (Å²) in [6, 6.07) is 5.38. The summed E-state index contributed by atoms with van der Waals surface area (Å²) < 4.78 is 18.1. The van der Waals surface area contributed by atoms with Crippen LogP contribution >= 0.6 is 0 Å². The van der Waals surface area contributed by atoms with Crippen LogP contribution in [0, 0.1) is 12.7 Å². The second kappa shape index (κ2) is 4.73. The topological polar surface area (TPSA) is 72.0 Å². The number of hydrogen-bond donors (Lipinski definition) is 1. The number of hydrogen-bond acceptors (Lipinski definition) is 5. The molecule has 0 amide bonds. The molecule has 2 aromatic heterocycles. The number of aryl methyl sites for hydroxylation is 1. The number of pyridine rings is 1. The zero-order valence-corrected chi connectivity index (χ0v) is 10.5. The summed E-state index contributed by atoms with van der Waals surface area (Å²) in [5.74, 6) is -0.250. The molecular weight excluding hydrogens is 261 g/mol. The molecule has 0 radical (unpaired) electrons. The van der Waals surface area contributed by atoms with Gasteiger partial charge in [0.15, 0.2) is 0 Å². The van der Waals surface area contributed by atoms with Gasteiger partial charge in [-0.15, -0.1) is 0 Å². The molecule has 1 aromatic carbocycles. The standard InChI is InChI=1S/C14H10FN3O2/c1-8-7-16-5-4-10(8)13-17-14(20-18-13)11-3-2-9(15)6-12(11)19/h2-7,19H,1H3. The van der Waals surface area contributed by atoms with Gasteiger partial charge in [0.1, 0.15) is 11.6 Å². The summed E-state index contributed by atoms with van der Waals surface area (Å²) in [6.07, 6.45) is 3.33. The van der Waals surface area contributed by atoms with Crippen LogP contribution < -0.4 is 0 Å². The first-order valence-electron chi connectivity index (χ1n) is 5.89. The fraction of sp³-hybridized carbons (Fsp3) is 0.0714. The number of rotatable bonds is 2. The molecule has 0 fully saturated rings. The molecule has 0 spiro atoms. The van der Waals surface area contributed by atoms with Crippen molar-refractivity contribution in [2.75, 3.05) is 0 Å². The van der Waals surface area contributed by atoms with Crippen LogP contribution in [0.5, 0.6) is 5.75 Å². The molecule has 0 aliphatic carbocycles. The van der Waals surface area contributed by atoms with Crippen LogP contribution in [-0.2, 0) is 0 Å². The highest BCUT2D eigenvalue weighted by Crippen LogP contribution is 2.30. The van der Waals surface area contributed by atoms with Crippen LogP contribution in [0.1, 0.15) is 5.56 Å². The summed E-state index contributed by atoms with van der Waals surface area (Å²) >= 11 is 0. The van der Waals surface area contributed by atoms with Crippen molar-refractivity contribution in [3.63, 3.8) is 0 Å². The van der Waals surface area contributed by atoms with E-state index < -0.39 is 5.82 Å². The molecule has 0 aliphatic rings. The molecular formula is C14H10FN3O2. The first-order valence-corrected chi connectivity index (χ1v) is 5.89. The van der Waals surface area contributed by atoms with E-state index in [1.54, 1.807) is 18.5 Å². The van der Waals surface area contributed by atoms with Gasteiger partial charge in [0, 0.05) is 24.0 Å². The van der Waals surface area contributed by atoms with Gasteiger partial charge in [-0.25, -0.2) is 4.39 Å². The van der Waals surface area contributed by atoms with Crippen molar-refractivity contribution < 1.29 is 14.0 Å². The van der Waals surface area contributed by atoms with Gasteiger partial charge in [-0.1, -0.05) is 5.16 Å². The van der Waals surface area contributed by atoms with Crippen LogP contribution in [0.15, 0.2) is 41.2 Å². The van der Waals surface area contributed by atoms with E-state index in [4.69, 9.17) is 4.52 Å². The fourth-order valence-electron chi connectivity index (χ4n) is 1.85. The quantitative estimate of drug-likeness (QED) is 0.775. The lowest BCUT2D eigenvalue weighted by molar-refractivity contribution is 0.425. The summed E-state index contributed by atoms with van der Waals surface area (Å²) in [6.45, 7) is 1.88. The minimum Gasteiger partial charge on any atom is -0.507 e. The molecule has 0 bridgehead atoms. The average Bonchev–Trinajstić information content (AvgIpc) is 2.88. The van der Waals surface area contributed by atoms with Gasteiger partial charge in [-0.2, -0.15) is 4.98 Å². The number of phenols is 1. The largest absolute Gasteiger partial charge is 0.507 e. The predicted octanol–water partition coefficient (Wildman–Crippen LogP) is 2.95.